The molecule has 0 radical (unpaired) electrons. The van der Waals surface area contributed by atoms with Gasteiger partial charge in [0, 0.05) is 0 Å². The molecular weight excluding hydrogens is 348 g/mol. The Labute approximate surface area is 125 Å². The first-order valence-electron chi connectivity index (χ1n) is 9.06. The van der Waals surface area contributed by atoms with Crippen LogP contribution in [-0.4, -0.2) is 10.2 Å². The van der Waals surface area contributed by atoms with Gasteiger partial charge in [-0.1, -0.05) is 0 Å². The van der Waals surface area contributed by atoms with Crippen molar-refractivity contribution in [1.29, 1.82) is 0 Å². The van der Waals surface area contributed by atoms with Crippen LogP contribution in [0.15, 0.2) is 27.4 Å². The Kier molecular flexibility index (Phi) is 0.363. The second-order valence-electron chi connectivity index (χ2n) is 12.5. The van der Waals surface area contributed by atoms with Gasteiger partial charge in [0.1, 0.15) is 0 Å². The van der Waals surface area contributed by atoms with Gasteiger partial charge in [0.15, 0.2) is 0 Å². The molecular formula is C19H14FeO4. The van der Waals surface area contributed by atoms with Crippen molar-refractivity contribution >= 4 is 11.0 Å². The summed E-state index contributed by atoms with van der Waals surface area (Å²) in [5.41, 5.74) is 0.172. The number of rotatable bonds is 1. The molecule has 12 rings (SSSR count). The minimum atomic E-state index is -3.39. The molecule has 5 heteroatoms. The number of hydrogen-bond donors (Lipinski definition) is 2. The van der Waals surface area contributed by atoms with Crippen LogP contribution < -0.4 is 5.43 Å². The Morgan fingerprint density at radius 3 is 2.08 bits per heavy atom. The van der Waals surface area contributed by atoms with Crippen LogP contribution in [0.1, 0.15) is 5.76 Å². The van der Waals surface area contributed by atoms with Gasteiger partial charge in [0.05, 0.1) is 0 Å². The summed E-state index contributed by atoms with van der Waals surface area (Å²) in [5.74, 6) is 0.485. The van der Waals surface area contributed by atoms with E-state index in [9.17, 15) is 15.0 Å². The van der Waals surface area contributed by atoms with Crippen molar-refractivity contribution in [2.75, 3.05) is 0 Å². The summed E-state index contributed by atoms with van der Waals surface area (Å²) in [6, 6.07) is 4.73. The van der Waals surface area contributed by atoms with Gasteiger partial charge < -0.3 is 0 Å². The average Bonchev–Trinajstić information content (AvgIpc) is 3.51. The molecule has 0 bridgehead atoms. The van der Waals surface area contributed by atoms with Gasteiger partial charge in [-0.05, 0) is 0 Å². The van der Waals surface area contributed by atoms with Crippen LogP contribution in [0.4, 0.5) is 0 Å². The zero-order valence-electron chi connectivity index (χ0n) is 12.5. The molecule has 1 aromatic heterocycles. The normalized spacial score (nSPS) is 87.9. The molecule has 2 N–H and O–H groups in total. The van der Waals surface area contributed by atoms with Crippen LogP contribution in [0, 0.1) is 0 Å². The Bertz CT molecular complexity index is 1560. The fourth-order valence-corrected chi connectivity index (χ4v) is 92.2. The molecule has 0 aliphatic carbocycles. The molecule has 10 aliphatic rings. The van der Waals surface area contributed by atoms with Gasteiger partial charge in [0.2, 0.25) is 0 Å². The molecule has 0 amide bonds. The second-order valence-corrected chi connectivity index (χ2v) is 36.0. The van der Waals surface area contributed by atoms with E-state index in [4.69, 9.17) is 4.42 Å². The number of phenols is 2. The second kappa shape index (κ2) is 0.937. The molecule has 11 heterocycles. The molecule has 4 atom stereocenters. The summed E-state index contributed by atoms with van der Waals surface area (Å²) in [6.07, 6.45) is 0. The SMILES string of the molecule is O=c1cc([C]23[CH]4[CH]5[CH]6[CH]2[Fe]56432789[CH]3[CH]2[CH]7[CH]8[CH]39)oc2c(O)c(O)ccc12. The monoisotopic (exact) mass is 362 g/mol. The predicted molar refractivity (Wildman–Crippen MR) is 81.2 cm³/mol. The van der Waals surface area contributed by atoms with E-state index in [-0.39, 0.29) is 22.5 Å². The minimum absolute atomic E-state index is 0.0440. The van der Waals surface area contributed by atoms with Crippen LogP contribution in [0.5, 0.6) is 11.5 Å². The van der Waals surface area contributed by atoms with Crippen LogP contribution in [0.3, 0.4) is 0 Å². The fourth-order valence-electron chi connectivity index (χ4n) is 18.2. The molecule has 10 fully saturated rings. The summed E-state index contributed by atoms with van der Waals surface area (Å²) in [6.45, 7) is -3.39. The molecule has 1 aromatic carbocycles. The van der Waals surface area contributed by atoms with Crippen molar-refractivity contribution in [2.45, 2.75) is 47.7 Å². The van der Waals surface area contributed by atoms with Crippen molar-refractivity contribution in [1.82, 2.24) is 0 Å². The summed E-state index contributed by atoms with van der Waals surface area (Å²) in [7, 11) is 0. The van der Waals surface area contributed by atoms with Gasteiger partial charge >= 0.3 is 125 Å². The van der Waals surface area contributed by atoms with Crippen LogP contribution in [-0.2, 0) is 10.8 Å². The van der Waals surface area contributed by atoms with Crippen molar-refractivity contribution < 1.29 is 21.1 Å². The predicted octanol–water partition coefficient (Wildman–Crippen LogP) is 4.00. The maximum absolute atomic E-state index is 12.8. The van der Waals surface area contributed by atoms with E-state index >= 15 is 0 Å². The number of fused-ring (bicyclic) bond motifs is 11. The summed E-state index contributed by atoms with van der Waals surface area (Å²) >= 11 is 0. The van der Waals surface area contributed by atoms with Gasteiger partial charge in [0.25, 0.3) is 0 Å². The first kappa shape index (κ1) is 9.30. The molecule has 4 unspecified atom stereocenters. The molecule has 122 valence electrons. The van der Waals surface area contributed by atoms with Crippen molar-refractivity contribution in [3.8, 4) is 11.5 Å². The third kappa shape index (κ3) is 0.129. The summed E-state index contributed by atoms with van der Waals surface area (Å²) in [5, 5.41) is 20.5. The van der Waals surface area contributed by atoms with Crippen LogP contribution in [0.25, 0.3) is 11.0 Å². The van der Waals surface area contributed by atoms with Crippen molar-refractivity contribution in [3.05, 3.63) is 34.2 Å². The molecule has 0 saturated carbocycles. The zero-order chi connectivity index (χ0) is 15.3. The molecule has 2 aromatic rings. The van der Waals surface area contributed by atoms with Gasteiger partial charge in [-0.2, -0.15) is 0 Å². The van der Waals surface area contributed by atoms with E-state index in [1.165, 1.54) is 6.07 Å². The molecule has 10 aliphatic heterocycles. The zero-order valence-corrected chi connectivity index (χ0v) is 13.6. The number of benzene rings is 1. The molecule has 4 nitrogen and oxygen atoms in total. The van der Waals surface area contributed by atoms with E-state index in [1.807, 2.05) is 0 Å². The molecule has 1 spiro atoms. The van der Waals surface area contributed by atoms with E-state index < -0.39 is 6.51 Å². The number of phenolic OH excluding ortho intramolecular Hbond substituents is 2. The van der Waals surface area contributed by atoms with E-state index in [1.54, 1.807) is 12.1 Å². The Hall–Kier alpha value is -1.45. The Balaban J connectivity index is 1.36. The summed E-state index contributed by atoms with van der Waals surface area (Å²) < 4.78 is 6.66. The number of hydrogen-bond acceptors (Lipinski definition) is 4. The van der Waals surface area contributed by atoms with E-state index in [0.29, 0.717) is 9.70 Å². The van der Waals surface area contributed by atoms with E-state index in [0.717, 1.165) is 49.1 Å². The summed E-state index contributed by atoms with van der Waals surface area (Å²) in [4.78, 5) is 22.9. The molecule has 10 saturated heterocycles. The number of aromatic hydroxyl groups is 2. The maximum atomic E-state index is 12.8. The topological polar surface area (TPSA) is 70.7 Å². The fraction of sp³-hybridized carbons (Fsp3) is 0.526. The third-order valence-electron chi connectivity index (χ3n) is 16.9. The van der Waals surface area contributed by atoms with Crippen molar-refractivity contribution in [2.24, 2.45) is 0 Å². The first-order valence-corrected chi connectivity index (χ1v) is 15.3. The first-order chi connectivity index (χ1) is 11.3. The average molecular weight is 362 g/mol. The van der Waals surface area contributed by atoms with Crippen LogP contribution in [0.2, 0.25) is 43.3 Å². The quantitative estimate of drug-likeness (QED) is 0.594. The van der Waals surface area contributed by atoms with Gasteiger partial charge in [-0.3, -0.25) is 0 Å². The molecule has 24 heavy (non-hydrogen) atoms. The third-order valence-corrected chi connectivity index (χ3v) is 59.2. The Morgan fingerprint density at radius 2 is 1.58 bits per heavy atom. The van der Waals surface area contributed by atoms with Gasteiger partial charge in [-0.25, -0.2) is 0 Å². The van der Waals surface area contributed by atoms with Crippen LogP contribution >= 0.6 is 0 Å². The van der Waals surface area contributed by atoms with Crippen molar-refractivity contribution in [3.63, 3.8) is 0 Å². The van der Waals surface area contributed by atoms with E-state index in [2.05, 4.69) is 0 Å². The Morgan fingerprint density at radius 1 is 0.958 bits per heavy atom. The van der Waals surface area contributed by atoms with Gasteiger partial charge in [-0.15, -0.1) is 0 Å². The standard InChI is InChI=1S/C14H9O4.C5H5.Fe/c15-10-6-5-9-11(16)7-12(8-3-1-2-4-8)18-14(9)13(10)17;1-2-4-5-3-1;/h1-7,15,17H;1-5H;.